The molecule has 1 saturated heterocycles. The summed E-state index contributed by atoms with van der Waals surface area (Å²) in [5.41, 5.74) is -0.201. The van der Waals surface area contributed by atoms with Crippen LogP contribution in [0.5, 0.6) is 5.75 Å². The van der Waals surface area contributed by atoms with E-state index in [1.807, 2.05) is 6.92 Å². The van der Waals surface area contributed by atoms with Gasteiger partial charge < -0.3 is 19.1 Å². The van der Waals surface area contributed by atoms with Crippen LogP contribution >= 0.6 is 0 Å². The molecule has 2 heterocycles. The van der Waals surface area contributed by atoms with E-state index in [1.165, 1.54) is 21.9 Å². The topological polar surface area (TPSA) is 135 Å². The number of hydrogen-bond donors (Lipinski definition) is 2. The molecule has 1 aliphatic heterocycles. The number of rotatable bonds is 7. The number of fused-ring (bicyclic) bond motifs is 1. The van der Waals surface area contributed by atoms with E-state index >= 15 is 0 Å². The van der Waals surface area contributed by atoms with Crippen molar-refractivity contribution < 1.29 is 41.0 Å². The van der Waals surface area contributed by atoms with Gasteiger partial charge in [0.15, 0.2) is 0 Å². The maximum Gasteiger partial charge on any atom is 0.418 e. The smallest absolute Gasteiger partial charge is 0.418 e. The summed E-state index contributed by atoms with van der Waals surface area (Å²) in [7, 11) is -4.03. The molecule has 0 bridgehead atoms. The van der Waals surface area contributed by atoms with Gasteiger partial charge in [0.05, 0.1) is 39.5 Å². The van der Waals surface area contributed by atoms with Gasteiger partial charge in [0.1, 0.15) is 18.0 Å². The molecule has 15 heteroatoms. The Kier molecular flexibility index (Phi) is 9.51. The normalized spacial score (nSPS) is 24.2. The van der Waals surface area contributed by atoms with Crippen LogP contribution in [0.15, 0.2) is 40.6 Å². The van der Waals surface area contributed by atoms with E-state index in [4.69, 9.17) is 9.47 Å². The Morgan fingerprint density at radius 3 is 2.31 bits per heavy atom. The number of alkyl halides is 3. The molecule has 11 nitrogen and oxygen atoms in total. The fraction of sp³-hybridized carbons (Fsp3) is 0.559. The van der Waals surface area contributed by atoms with Crippen molar-refractivity contribution >= 4 is 32.9 Å². The summed E-state index contributed by atoms with van der Waals surface area (Å²) in [6, 6.07) is 4.28. The van der Waals surface area contributed by atoms with Crippen molar-refractivity contribution in [1.82, 2.24) is 19.3 Å². The zero-order chi connectivity index (χ0) is 36.3. The minimum absolute atomic E-state index is 0.0720. The van der Waals surface area contributed by atoms with Crippen LogP contribution in [-0.4, -0.2) is 69.7 Å². The number of carbonyl (C=O) groups excluding carboxylic acids is 1. The molecule has 3 aromatic rings. The van der Waals surface area contributed by atoms with Gasteiger partial charge in [-0.25, -0.2) is 14.6 Å². The van der Waals surface area contributed by atoms with E-state index in [2.05, 4.69) is 14.9 Å². The maximum absolute atomic E-state index is 14.4. The first-order chi connectivity index (χ1) is 22.5. The number of amides is 1. The molecule has 5 rings (SSSR count). The first-order valence-electron chi connectivity index (χ1n) is 16.1. The van der Waals surface area contributed by atoms with E-state index in [9.17, 15) is 31.5 Å². The van der Waals surface area contributed by atoms with E-state index < -0.39 is 51.1 Å². The third-order valence-electron chi connectivity index (χ3n) is 8.81. The molecule has 1 aliphatic carbocycles. The molecule has 49 heavy (non-hydrogen) atoms. The van der Waals surface area contributed by atoms with Crippen molar-refractivity contribution in [2.24, 2.45) is 5.10 Å². The highest BCUT2D eigenvalue weighted by Crippen LogP contribution is 2.45. The zero-order valence-electron chi connectivity index (χ0n) is 29.0. The van der Waals surface area contributed by atoms with Crippen LogP contribution in [0.25, 0.3) is 11.0 Å². The summed E-state index contributed by atoms with van der Waals surface area (Å²) in [5, 5.41) is 14.4. The van der Waals surface area contributed by atoms with E-state index in [1.54, 1.807) is 60.6 Å². The average Bonchev–Trinajstić information content (AvgIpc) is 3.34. The molecule has 268 valence electrons. The van der Waals surface area contributed by atoms with E-state index in [0.29, 0.717) is 29.7 Å². The second-order valence-electron chi connectivity index (χ2n) is 14.7. The lowest BCUT2D eigenvalue weighted by Gasteiger charge is -2.42. The van der Waals surface area contributed by atoms with Gasteiger partial charge in [-0.3, -0.25) is 4.90 Å². The van der Waals surface area contributed by atoms with Gasteiger partial charge >= 0.3 is 12.3 Å². The summed E-state index contributed by atoms with van der Waals surface area (Å²) in [6.07, 6.45) is -3.12. The summed E-state index contributed by atoms with van der Waals surface area (Å²) in [5.74, 6) is -0.0995. The number of hydrazone groups is 1. The molecule has 2 fully saturated rings. The number of ether oxygens (including phenoxy) is 2. The molecule has 2 aromatic carbocycles. The van der Waals surface area contributed by atoms with E-state index in [0.717, 1.165) is 11.6 Å². The van der Waals surface area contributed by atoms with Gasteiger partial charge in [0, 0.05) is 36.7 Å². The first-order valence-corrected chi connectivity index (χ1v) is 17.6. The van der Waals surface area contributed by atoms with Crippen molar-refractivity contribution in [3.05, 3.63) is 52.8 Å². The van der Waals surface area contributed by atoms with Crippen molar-refractivity contribution in [2.75, 3.05) is 6.61 Å². The molecule has 2 N–H and O–H groups in total. The molecular formula is C34H44F3N5O6S. The number of likely N-dealkylation sites (tertiary alicyclic amines) is 1. The maximum atomic E-state index is 14.4. The Bertz CT molecular complexity index is 1870. The number of benzene rings is 2. The van der Waals surface area contributed by atoms with Gasteiger partial charge in [-0.15, -0.1) is 0 Å². The molecule has 2 aliphatic rings. The number of halogens is 3. The van der Waals surface area contributed by atoms with E-state index in [-0.39, 0.29) is 47.2 Å². The van der Waals surface area contributed by atoms with Crippen molar-refractivity contribution in [3.8, 4) is 5.75 Å². The molecule has 1 aromatic heterocycles. The fourth-order valence-corrected chi connectivity index (χ4v) is 8.26. The van der Waals surface area contributed by atoms with Gasteiger partial charge in [-0.05, 0) is 85.4 Å². The summed E-state index contributed by atoms with van der Waals surface area (Å²) in [4.78, 5) is 21.5. The van der Waals surface area contributed by atoms with Crippen LogP contribution in [0, 0.1) is 20.8 Å². The molecule has 1 amide bonds. The highest BCUT2D eigenvalue weighted by Gasteiger charge is 2.43. The van der Waals surface area contributed by atoms with Crippen LogP contribution < -0.4 is 9.57 Å². The number of nitrogens with zero attached hydrogens (tertiary/aromatic N) is 4. The van der Waals surface area contributed by atoms with Crippen LogP contribution in [0.2, 0.25) is 0 Å². The third-order valence-corrected chi connectivity index (χ3v) is 10.3. The van der Waals surface area contributed by atoms with Crippen molar-refractivity contribution in [3.63, 3.8) is 0 Å². The fourth-order valence-electron chi connectivity index (χ4n) is 6.95. The second kappa shape index (κ2) is 12.8. The third kappa shape index (κ3) is 7.98. The predicted octanol–water partition coefficient (Wildman–Crippen LogP) is 6.57. The Morgan fingerprint density at radius 1 is 1.10 bits per heavy atom. The Balaban J connectivity index is 1.43. The van der Waals surface area contributed by atoms with Crippen LogP contribution in [-0.2, 0) is 20.9 Å². The number of imidazole rings is 1. The molecular weight excluding hydrogens is 663 g/mol. The number of piperidine rings is 1. The number of aliphatic hydroxyl groups is 1. The van der Waals surface area contributed by atoms with Crippen molar-refractivity contribution in [1.29, 1.82) is 0 Å². The predicted molar refractivity (Wildman–Crippen MR) is 178 cm³/mol. The Hall–Kier alpha value is -3.85. The first kappa shape index (κ1) is 36.4. The van der Waals surface area contributed by atoms with Gasteiger partial charge in [0.25, 0.3) is 10.0 Å². The van der Waals surface area contributed by atoms with Gasteiger partial charge in [-0.2, -0.15) is 26.7 Å². The number of nitrogens with one attached hydrogen (secondary N) is 1. The molecule has 0 unspecified atom stereocenters. The molecule has 1 saturated carbocycles. The Morgan fingerprint density at radius 2 is 1.73 bits per heavy atom. The largest absolute Gasteiger partial charge is 0.491 e. The number of hydrogen-bond acceptors (Lipinski definition) is 8. The molecule has 0 spiro atoms. The highest BCUT2D eigenvalue weighted by molar-refractivity contribution is 7.89. The molecule has 2 atom stereocenters. The Labute approximate surface area is 284 Å². The SMILES string of the molecule is Cc1cc(C)c(S(=O)(=O)NN=C2C[C@@H](COc3cc(C(F)(F)F)c4c(c3)ncn4C3CC(C)(O)C3)N(C(=O)OC(C)(C)C)[C@@H](C)C2)c(C)c1. The average molecular weight is 708 g/mol. The zero-order valence-corrected chi connectivity index (χ0v) is 29.8. The van der Waals surface area contributed by atoms with Crippen LogP contribution in [0.1, 0.15) is 88.6 Å². The number of sulfonamides is 1. The second-order valence-corrected chi connectivity index (χ2v) is 16.3. The minimum atomic E-state index is -4.73. The lowest BCUT2D eigenvalue weighted by Crippen LogP contribution is -2.55. The van der Waals surface area contributed by atoms with Gasteiger partial charge in [-0.1, -0.05) is 17.7 Å². The minimum Gasteiger partial charge on any atom is -0.491 e. The monoisotopic (exact) mass is 707 g/mol. The highest BCUT2D eigenvalue weighted by atomic mass is 32.2. The summed E-state index contributed by atoms with van der Waals surface area (Å²) in [6.45, 7) is 13.6. The standard InChI is InChI=1S/C34H44F3N5O6S/c1-19-9-20(2)30(21(3)10-19)49(45,46)40-39-23-11-22(4)42(31(43)48-32(5,6)7)24(12-23)17-47-26-13-27(34(35,36)37)29-28(14-26)38-18-41(29)25-15-33(8,44)16-25/h9-10,13-14,18,22,24-25,40,44H,11-12,15-17H2,1-8H3/t22-,24-,25?,33?/m0/s1. The van der Waals surface area contributed by atoms with Crippen LogP contribution in [0.4, 0.5) is 18.0 Å². The van der Waals surface area contributed by atoms with Gasteiger partial charge in [0.2, 0.25) is 0 Å². The lowest BCUT2D eigenvalue weighted by atomic mass is 9.77. The quantitative estimate of drug-likeness (QED) is 0.266. The summed E-state index contributed by atoms with van der Waals surface area (Å²) < 4.78 is 82.9. The van der Waals surface area contributed by atoms with Crippen LogP contribution in [0.3, 0.4) is 0 Å². The summed E-state index contributed by atoms with van der Waals surface area (Å²) >= 11 is 0. The number of aryl methyl sites for hydroxylation is 3. The molecule has 0 radical (unpaired) electrons. The number of carbonyl (C=O) groups is 1. The van der Waals surface area contributed by atoms with Crippen molar-refractivity contribution in [2.45, 2.75) is 121 Å². The number of aromatic nitrogens is 2. The lowest BCUT2D eigenvalue weighted by molar-refractivity contribution is -0.136.